The van der Waals surface area contributed by atoms with Crippen molar-refractivity contribution in [2.45, 2.75) is 45.4 Å². The van der Waals surface area contributed by atoms with Crippen LogP contribution in [0.2, 0.25) is 0 Å². The lowest BCUT2D eigenvalue weighted by atomic mass is 10.1. The van der Waals surface area contributed by atoms with Gasteiger partial charge in [0.25, 0.3) is 0 Å². The SMILES string of the molecule is CCCCCCCCOc1ccc(N2c3ccccc3Oc3ccccc32)cc1. The summed E-state index contributed by atoms with van der Waals surface area (Å²) >= 11 is 0. The Balaban J connectivity index is 1.44. The molecule has 1 heterocycles. The molecule has 150 valence electrons. The summed E-state index contributed by atoms with van der Waals surface area (Å²) in [5, 5.41) is 0. The highest BCUT2D eigenvalue weighted by Gasteiger charge is 2.24. The quantitative estimate of drug-likeness (QED) is 0.272. The number of nitrogens with zero attached hydrogens (tertiary/aromatic N) is 1. The van der Waals surface area contributed by atoms with Crippen LogP contribution in [0.15, 0.2) is 72.8 Å². The van der Waals surface area contributed by atoms with Gasteiger partial charge < -0.3 is 14.4 Å². The first-order valence-electron chi connectivity index (χ1n) is 10.8. The molecule has 0 saturated heterocycles. The molecule has 3 aromatic rings. The van der Waals surface area contributed by atoms with Gasteiger partial charge in [0.1, 0.15) is 5.75 Å². The molecule has 3 heteroatoms. The highest BCUT2D eigenvalue weighted by atomic mass is 16.5. The predicted octanol–water partition coefficient (Wildman–Crippen LogP) is 8.00. The zero-order valence-electron chi connectivity index (χ0n) is 17.1. The Morgan fingerprint density at radius 1 is 0.690 bits per heavy atom. The molecule has 0 radical (unpaired) electrons. The van der Waals surface area contributed by atoms with Gasteiger partial charge in [-0.15, -0.1) is 0 Å². The molecule has 0 atom stereocenters. The Labute approximate surface area is 173 Å². The summed E-state index contributed by atoms with van der Waals surface area (Å²) in [5.41, 5.74) is 3.19. The van der Waals surface area contributed by atoms with E-state index in [1.807, 2.05) is 36.4 Å². The second kappa shape index (κ2) is 9.51. The third-order valence-electron chi connectivity index (χ3n) is 5.29. The van der Waals surface area contributed by atoms with E-state index in [1.165, 1.54) is 32.1 Å². The molecule has 0 amide bonds. The first kappa shape index (κ1) is 19.4. The fourth-order valence-electron chi connectivity index (χ4n) is 3.75. The van der Waals surface area contributed by atoms with Crippen LogP contribution < -0.4 is 14.4 Å². The van der Waals surface area contributed by atoms with Crippen LogP contribution in [0.3, 0.4) is 0 Å². The molecule has 0 unspecified atom stereocenters. The van der Waals surface area contributed by atoms with Crippen LogP contribution in [0.5, 0.6) is 17.2 Å². The van der Waals surface area contributed by atoms with E-state index in [0.29, 0.717) is 0 Å². The van der Waals surface area contributed by atoms with Crippen molar-refractivity contribution in [3.05, 3.63) is 72.8 Å². The van der Waals surface area contributed by atoms with Gasteiger partial charge in [-0.2, -0.15) is 0 Å². The Morgan fingerprint density at radius 3 is 1.93 bits per heavy atom. The third kappa shape index (κ3) is 4.56. The largest absolute Gasteiger partial charge is 0.494 e. The molecule has 0 aromatic heterocycles. The van der Waals surface area contributed by atoms with Gasteiger partial charge in [0.05, 0.1) is 18.0 Å². The van der Waals surface area contributed by atoms with E-state index < -0.39 is 0 Å². The Hall–Kier alpha value is -2.94. The van der Waals surface area contributed by atoms with Gasteiger partial charge in [-0.05, 0) is 55.0 Å². The monoisotopic (exact) mass is 387 g/mol. The number of fused-ring (bicyclic) bond motifs is 2. The molecule has 0 aliphatic carbocycles. The number of anilines is 3. The lowest BCUT2D eigenvalue weighted by molar-refractivity contribution is 0.304. The second-order valence-electron chi connectivity index (χ2n) is 7.48. The van der Waals surface area contributed by atoms with Crippen LogP contribution in [0, 0.1) is 0 Å². The number of rotatable bonds is 9. The van der Waals surface area contributed by atoms with Crippen molar-refractivity contribution in [1.29, 1.82) is 0 Å². The number of hydrogen-bond acceptors (Lipinski definition) is 3. The fraction of sp³-hybridized carbons (Fsp3) is 0.308. The Bertz CT molecular complexity index is 875. The van der Waals surface area contributed by atoms with Gasteiger partial charge in [-0.25, -0.2) is 0 Å². The zero-order valence-corrected chi connectivity index (χ0v) is 17.1. The van der Waals surface area contributed by atoms with E-state index in [2.05, 4.69) is 48.2 Å². The minimum absolute atomic E-state index is 0.786. The highest BCUT2D eigenvalue weighted by molar-refractivity contribution is 5.86. The van der Waals surface area contributed by atoms with Crippen LogP contribution in [-0.2, 0) is 0 Å². The van der Waals surface area contributed by atoms with Gasteiger partial charge in [0.15, 0.2) is 11.5 Å². The summed E-state index contributed by atoms with van der Waals surface area (Å²) in [7, 11) is 0. The molecule has 1 aliphatic heterocycles. The van der Waals surface area contributed by atoms with Gasteiger partial charge in [0, 0.05) is 5.69 Å². The van der Waals surface area contributed by atoms with Crippen molar-refractivity contribution in [2.75, 3.05) is 11.5 Å². The van der Waals surface area contributed by atoms with Crippen molar-refractivity contribution >= 4 is 17.1 Å². The minimum Gasteiger partial charge on any atom is -0.494 e. The average Bonchev–Trinajstić information content (AvgIpc) is 2.77. The molecule has 3 aromatic carbocycles. The molecule has 0 spiro atoms. The maximum atomic E-state index is 6.09. The summed E-state index contributed by atoms with van der Waals surface area (Å²) in [6, 6.07) is 24.7. The summed E-state index contributed by atoms with van der Waals surface area (Å²) in [6.07, 6.45) is 7.66. The van der Waals surface area contributed by atoms with Crippen LogP contribution >= 0.6 is 0 Å². The van der Waals surface area contributed by atoms with Crippen LogP contribution in [-0.4, -0.2) is 6.61 Å². The second-order valence-corrected chi connectivity index (χ2v) is 7.48. The normalized spacial score (nSPS) is 12.1. The number of unbranched alkanes of at least 4 members (excludes halogenated alkanes) is 5. The third-order valence-corrected chi connectivity index (χ3v) is 5.29. The van der Waals surface area contributed by atoms with Crippen molar-refractivity contribution < 1.29 is 9.47 Å². The predicted molar refractivity (Wildman–Crippen MR) is 120 cm³/mol. The molecule has 3 nitrogen and oxygen atoms in total. The van der Waals surface area contributed by atoms with Crippen LogP contribution in [0.4, 0.5) is 17.1 Å². The first-order chi connectivity index (χ1) is 14.4. The lowest BCUT2D eigenvalue weighted by Gasteiger charge is -2.32. The summed E-state index contributed by atoms with van der Waals surface area (Å²) in [4.78, 5) is 2.24. The van der Waals surface area contributed by atoms with E-state index in [0.717, 1.165) is 47.3 Å². The Kier molecular flexibility index (Phi) is 6.35. The number of benzene rings is 3. The number of para-hydroxylation sites is 4. The highest BCUT2D eigenvalue weighted by Crippen LogP contribution is 2.50. The number of ether oxygens (including phenoxy) is 2. The van der Waals surface area contributed by atoms with Gasteiger partial charge in [0.2, 0.25) is 0 Å². The van der Waals surface area contributed by atoms with Gasteiger partial charge >= 0.3 is 0 Å². The molecule has 0 fully saturated rings. The topological polar surface area (TPSA) is 21.7 Å². The smallest absolute Gasteiger partial charge is 0.151 e. The van der Waals surface area contributed by atoms with Gasteiger partial charge in [-0.3, -0.25) is 0 Å². The first-order valence-corrected chi connectivity index (χ1v) is 10.8. The molecule has 4 rings (SSSR count). The maximum Gasteiger partial charge on any atom is 0.151 e. The standard InChI is InChI=1S/C26H29NO2/c1-2-3-4-5-6-11-20-28-22-18-16-21(17-19-22)27-23-12-7-9-14-25(23)29-26-15-10-8-13-24(26)27/h7-10,12-19H,2-6,11,20H2,1H3. The van der Waals surface area contributed by atoms with E-state index in [-0.39, 0.29) is 0 Å². The molecule has 29 heavy (non-hydrogen) atoms. The maximum absolute atomic E-state index is 6.09. The number of hydrogen-bond donors (Lipinski definition) is 0. The van der Waals surface area contributed by atoms with E-state index >= 15 is 0 Å². The van der Waals surface area contributed by atoms with Crippen molar-refractivity contribution in [1.82, 2.24) is 0 Å². The van der Waals surface area contributed by atoms with Crippen LogP contribution in [0.1, 0.15) is 45.4 Å². The summed E-state index contributed by atoms with van der Waals surface area (Å²) in [5.74, 6) is 2.67. The van der Waals surface area contributed by atoms with Crippen molar-refractivity contribution in [3.63, 3.8) is 0 Å². The molecular weight excluding hydrogens is 358 g/mol. The summed E-state index contributed by atoms with van der Waals surface area (Å²) < 4.78 is 12.0. The Morgan fingerprint density at radius 2 is 1.28 bits per heavy atom. The molecule has 0 N–H and O–H groups in total. The minimum atomic E-state index is 0.786. The van der Waals surface area contributed by atoms with Crippen molar-refractivity contribution in [2.24, 2.45) is 0 Å². The van der Waals surface area contributed by atoms with E-state index in [1.54, 1.807) is 0 Å². The molecule has 0 saturated carbocycles. The molecule has 0 bridgehead atoms. The lowest BCUT2D eigenvalue weighted by Crippen LogP contribution is -2.15. The van der Waals surface area contributed by atoms with E-state index in [9.17, 15) is 0 Å². The van der Waals surface area contributed by atoms with Gasteiger partial charge in [-0.1, -0.05) is 63.3 Å². The zero-order chi connectivity index (χ0) is 19.9. The molecular formula is C26H29NO2. The van der Waals surface area contributed by atoms with Crippen molar-refractivity contribution in [3.8, 4) is 17.2 Å². The average molecular weight is 388 g/mol. The fourth-order valence-corrected chi connectivity index (χ4v) is 3.75. The molecule has 1 aliphatic rings. The van der Waals surface area contributed by atoms with Crippen LogP contribution in [0.25, 0.3) is 0 Å². The summed E-state index contributed by atoms with van der Waals surface area (Å²) in [6.45, 7) is 3.04. The van der Waals surface area contributed by atoms with E-state index in [4.69, 9.17) is 9.47 Å².